The van der Waals surface area contributed by atoms with Gasteiger partial charge in [-0.1, -0.05) is 36.4 Å². The van der Waals surface area contributed by atoms with Gasteiger partial charge in [0.05, 0.1) is 0 Å². The van der Waals surface area contributed by atoms with E-state index in [2.05, 4.69) is 62.4 Å². The SMILES string of the molecule is Cc1cccc2cc3c(C)cccc3cc12. The number of aryl methyl sites for hydroxylation is 2. The van der Waals surface area contributed by atoms with Crippen molar-refractivity contribution >= 4 is 21.5 Å². The average Bonchev–Trinajstić information content (AvgIpc) is 2.29. The highest BCUT2D eigenvalue weighted by Gasteiger charge is 2.01. The summed E-state index contributed by atoms with van der Waals surface area (Å²) in [5, 5.41) is 5.39. The molecule has 0 saturated carbocycles. The molecule has 16 heavy (non-hydrogen) atoms. The minimum absolute atomic E-state index is 1.34. The second-order valence-electron chi connectivity index (χ2n) is 4.44. The van der Waals surface area contributed by atoms with E-state index in [-0.39, 0.29) is 0 Å². The molecule has 0 saturated heterocycles. The van der Waals surface area contributed by atoms with Crippen molar-refractivity contribution in [2.24, 2.45) is 0 Å². The van der Waals surface area contributed by atoms with Crippen LogP contribution in [0, 0.1) is 13.8 Å². The Balaban J connectivity index is 2.54. The van der Waals surface area contributed by atoms with E-state index in [1.165, 1.54) is 32.7 Å². The molecule has 0 unspecified atom stereocenters. The average molecular weight is 206 g/mol. The van der Waals surface area contributed by atoms with Gasteiger partial charge in [0.15, 0.2) is 0 Å². The van der Waals surface area contributed by atoms with E-state index in [0.29, 0.717) is 0 Å². The highest BCUT2D eigenvalue weighted by molar-refractivity contribution is 6.00. The van der Waals surface area contributed by atoms with Gasteiger partial charge >= 0.3 is 0 Å². The number of hydrogen-bond donors (Lipinski definition) is 0. The zero-order valence-corrected chi connectivity index (χ0v) is 9.62. The van der Waals surface area contributed by atoms with Crippen LogP contribution in [0.4, 0.5) is 0 Å². The minimum Gasteiger partial charge on any atom is -0.0614 e. The van der Waals surface area contributed by atoms with Crippen molar-refractivity contribution in [1.82, 2.24) is 0 Å². The molecule has 0 heteroatoms. The van der Waals surface area contributed by atoms with Gasteiger partial charge in [-0.25, -0.2) is 0 Å². The second kappa shape index (κ2) is 3.34. The van der Waals surface area contributed by atoms with Crippen LogP contribution in [0.2, 0.25) is 0 Å². The Kier molecular flexibility index (Phi) is 1.97. The van der Waals surface area contributed by atoms with Crippen LogP contribution in [0.15, 0.2) is 48.5 Å². The highest BCUT2D eigenvalue weighted by Crippen LogP contribution is 2.26. The monoisotopic (exact) mass is 206 g/mol. The Labute approximate surface area is 95.5 Å². The van der Waals surface area contributed by atoms with Gasteiger partial charge in [-0.3, -0.25) is 0 Å². The van der Waals surface area contributed by atoms with Crippen molar-refractivity contribution in [3.8, 4) is 0 Å². The molecule has 0 heterocycles. The molecule has 3 rings (SSSR count). The topological polar surface area (TPSA) is 0 Å². The summed E-state index contributed by atoms with van der Waals surface area (Å²) in [6.07, 6.45) is 0. The first-order chi connectivity index (χ1) is 7.75. The standard InChI is InChI=1S/C16H14/c1-11-5-3-7-13-10-16-12(2)6-4-8-14(16)9-15(11)13/h3-10H,1-2H3. The summed E-state index contributed by atoms with van der Waals surface area (Å²) in [5.74, 6) is 0. The largest absolute Gasteiger partial charge is 0.0614 e. The molecule has 0 atom stereocenters. The number of fused-ring (bicyclic) bond motifs is 2. The van der Waals surface area contributed by atoms with Crippen molar-refractivity contribution in [3.63, 3.8) is 0 Å². The van der Waals surface area contributed by atoms with Crippen molar-refractivity contribution in [3.05, 3.63) is 59.7 Å². The van der Waals surface area contributed by atoms with Crippen LogP contribution < -0.4 is 0 Å². The first-order valence-electron chi connectivity index (χ1n) is 5.64. The van der Waals surface area contributed by atoms with E-state index in [0.717, 1.165) is 0 Å². The third kappa shape index (κ3) is 1.30. The lowest BCUT2D eigenvalue weighted by Crippen LogP contribution is -1.82. The maximum absolute atomic E-state index is 2.30. The van der Waals surface area contributed by atoms with Gasteiger partial charge in [0, 0.05) is 0 Å². The predicted molar refractivity (Wildman–Crippen MR) is 70.9 cm³/mol. The molecule has 0 radical (unpaired) electrons. The molecule has 3 aromatic carbocycles. The zero-order chi connectivity index (χ0) is 11.1. The highest BCUT2D eigenvalue weighted by atomic mass is 14.1. The van der Waals surface area contributed by atoms with Crippen LogP contribution in [0.25, 0.3) is 21.5 Å². The molecule has 0 nitrogen and oxygen atoms in total. The first-order valence-corrected chi connectivity index (χ1v) is 5.64. The van der Waals surface area contributed by atoms with E-state index in [1.807, 2.05) is 0 Å². The van der Waals surface area contributed by atoms with Crippen molar-refractivity contribution in [2.45, 2.75) is 13.8 Å². The van der Waals surface area contributed by atoms with Crippen LogP contribution in [0.1, 0.15) is 11.1 Å². The normalized spacial score (nSPS) is 11.1. The summed E-state index contributed by atoms with van der Waals surface area (Å²) in [4.78, 5) is 0. The predicted octanol–water partition coefficient (Wildman–Crippen LogP) is 4.61. The Morgan fingerprint density at radius 1 is 0.625 bits per heavy atom. The number of hydrogen-bond acceptors (Lipinski definition) is 0. The minimum atomic E-state index is 1.34. The molecular weight excluding hydrogens is 192 g/mol. The maximum atomic E-state index is 2.30. The summed E-state index contributed by atoms with van der Waals surface area (Å²) < 4.78 is 0. The number of benzene rings is 3. The Morgan fingerprint density at radius 2 is 1.06 bits per heavy atom. The lowest BCUT2D eigenvalue weighted by Gasteiger charge is -2.06. The molecule has 0 aromatic heterocycles. The molecule has 0 fully saturated rings. The fourth-order valence-electron chi connectivity index (χ4n) is 2.36. The first kappa shape index (κ1) is 9.41. The van der Waals surface area contributed by atoms with Gasteiger partial charge in [-0.05, 0) is 58.7 Å². The molecule has 0 aliphatic carbocycles. The Bertz CT molecular complexity index is 616. The van der Waals surface area contributed by atoms with Crippen LogP contribution in [0.5, 0.6) is 0 Å². The lowest BCUT2D eigenvalue weighted by molar-refractivity contribution is 1.52. The fraction of sp³-hybridized carbons (Fsp3) is 0.125. The smallest absolute Gasteiger partial charge is 0.0148 e. The molecule has 0 bridgehead atoms. The van der Waals surface area contributed by atoms with E-state index < -0.39 is 0 Å². The van der Waals surface area contributed by atoms with Gasteiger partial charge in [-0.15, -0.1) is 0 Å². The van der Waals surface area contributed by atoms with Crippen molar-refractivity contribution in [2.75, 3.05) is 0 Å². The van der Waals surface area contributed by atoms with Crippen molar-refractivity contribution in [1.29, 1.82) is 0 Å². The molecule has 0 N–H and O–H groups in total. The van der Waals surface area contributed by atoms with Crippen LogP contribution in [-0.2, 0) is 0 Å². The van der Waals surface area contributed by atoms with Gasteiger partial charge in [0.25, 0.3) is 0 Å². The van der Waals surface area contributed by atoms with E-state index >= 15 is 0 Å². The second-order valence-corrected chi connectivity index (χ2v) is 4.44. The Morgan fingerprint density at radius 3 is 1.50 bits per heavy atom. The van der Waals surface area contributed by atoms with Crippen molar-refractivity contribution < 1.29 is 0 Å². The van der Waals surface area contributed by atoms with E-state index in [9.17, 15) is 0 Å². The summed E-state index contributed by atoms with van der Waals surface area (Å²) in [7, 11) is 0. The summed E-state index contributed by atoms with van der Waals surface area (Å²) >= 11 is 0. The van der Waals surface area contributed by atoms with E-state index in [1.54, 1.807) is 0 Å². The Hall–Kier alpha value is -1.82. The summed E-state index contributed by atoms with van der Waals surface area (Å²) in [5.41, 5.74) is 2.70. The zero-order valence-electron chi connectivity index (χ0n) is 9.62. The fourth-order valence-corrected chi connectivity index (χ4v) is 2.36. The molecule has 0 aliphatic heterocycles. The van der Waals surface area contributed by atoms with Crippen LogP contribution in [-0.4, -0.2) is 0 Å². The molecule has 78 valence electrons. The third-order valence-electron chi connectivity index (χ3n) is 3.32. The molecule has 0 aliphatic rings. The van der Waals surface area contributed by atoms with Crippen LogP contribution in [0.3, 0.4) is 0 Å². The van der Waals surface area contributed by atoms with E-state index in [4.69, 9.17) is 0 Å². The van der Waals surface area contributed by atoms with Gasteiger partial charge < -0.3 is 0 Å². The quantitative estimate of drug-likeness (QED) is 0.471. The van der Waals surface area contributed by atoms with Gasteiger partial charge in [0.2, 0.25) is 0 Å². The summed E-state index contributed by atoms with van der Waals surface area (Å²) in [6, 6.07) is 17.6. The molecular formula is C16H14. The maximum Gasteiger partial charge on any atom is -0.0148 e. The third-order valence-corrected chi connectivity index (χ3v) is 3.32. The van der Waals surface area contributed by atoms with Gasteiger partial charge in [0.1, 0.15) is 0 Å². The summed E-state index contributed by atoms with van der Waals surface area (Å²) in [6.45, 7) is 4.34. The number of rotatable bonds is 0. The molecule has 3 aromatic rings. The van der Waals surface area contributed by atoms with Gasteiger partial charge in [-0.2, -0.15) is 0 Å². The molecule has 0 spiro atoms. The molecule has 0 amide bonds. The lowest BCUT2D eigenvalue weighted by atomic mass is 9.98. The van der Waals surface area contributed by atoms with Crippen LogP contribution >= 0.6 is 0 Å².